The van der Waals surface area contributed by atoms with Gasteiger partial charge in [0.05, 0.1) is 23.7 Å². The molecule has 0 radical (unpaired) electrons. The van der Waals surface area contributed by atoms with E-state index in [1.165, 1.54) is 12.8 Å². The monoisotopic (exact) mass is 277 g/mol. The minimum Gasteiger partial charge on any atom is -0.390 e. The van der Waals surface area contributed by atoms with Gasteiger partial charge in [-0.05, 0) is 19.3 Å². The molecule has 2 aliphatic rings. The quantitative estimate of drug-likeness (QED) is 0.562. The summed E-state index contributed by atoms with van der Waals surface area (Å²) in [6, 6.07) is 0. The minimum atomic E-state index is -0.409. The number of rotatable bonds is 3. The van der Waals surface area contributed by atoms with E-state index in [2.05, 4.69) is 20.3 Å². The van der Waals surface area contributed by atoms with E-state index in [9.17, 15) is 5.11 Å². The zero-order valence-corrected chi connectivity index (χ0v) is 11.8. The molecule has 2 fully saturated rings. The predicted octanol–water partition coefficient (Wildman–Crippen LogP) is 0.889. The molecule has 1 aromatic rings. The van der Waals surface area contributed by atoms with Gasteiger partial charge in [0.15, 0.2) is 5.82 Å². The SMILES string of the molecule is NNc1cnc(CN2CCC3(O)CCCCC3C2)cn1. The van der Waals surface area contributed by atoms with Gasteiger partial charge in [-0.15, -0.1) is 0 Å². The Morgan fingerprint density at radius 3 is 3.00 bits per heavy atom. The zero-order chi connectivity index (χ0) is 14.0. The maximum atomic E-state index is 10.7. The number of hydrazine groups is 1. The average Bonchev–Trinajstić information content (AvgIpc) is 2.48. The molecule has 2 heterocycles. The molecule has 1 saturated heterocycles. The molecule has 0 bridgehead atoms. The summed E-state index contributed by atoms with van der Waals surface area (Å²) < 4.78 is 0. The van der Waals surface area contributed by atoms with Gasteiger partial charge in [0, 0.05) is 25.6 Å². The fourth-order valence-electron chi connectivity index (χ4n) is 3.52. The molecule has 20 heavy (non-hydrogen) atoms. The number of nitrogens with one attached hydrogen (secondary N) is 1. The maximum Gasteiger partial charge on any atom is 0.158 e. The number of nitrogens with two attached hydrogens (primary N) is 1. The van der Waals surface area contributed by atoms with Crippen molar-refractivity contribution in [2.75, 3.05) is 18.5 Å². The van der Waals surface area contributed by atoms with Crippen LogP contribution in [0, 0.1) is 5.92 Å². The second-order valence-electron chi connectivity index (χ2n) is 6.07. The maximum absolute atomic E-state index is 10.7. The minimum absolute atomic E-state index is 0.409. The van der Waals surface area contributed by atoms with Crippen LogP contribution in [0.1, 0.15) is 37.8 Å². The highest BCUT2D eigenvalue weighted by molar-refractivity contribution is 5.28. The first-order chi connectivity index (χ1) is 9.69. The summed E-state index contributed by atoms with van der Waals surface area (Å²) in [6.07, 6.45) is 8.83. The number of hydrogen-bond acceptors (Lipinski definition) is 6. The summed E-state index contributed by atoms with van der Waals surface area (Å²) in [7, 11) is 0. The number of fused-ring (bicyclic) bond motifs is 1. The van der Waals surface area contributed by atoms with Crippen LogP contribution >= 0.6 is 0 Å². The van der Waals surface area contributed by atoms with Crippen molar-refractivity contribution < 1.29 is 5.11 Å². The first-order valence-corrected chi connectivity index (χ1v) is 7.42. The highest BCUT2D eigenvalue weighted by Gasteiger charge is 2.42. The summed E-state index contributed by atoms with van der Waals surface area (Å²) in [4.78, 5) is 10.9. The summed E-state index contributed by atoms with van der Waals surface area (Å²) >= 11 is 0. The number of nitrogen functional groups attached to an aromatic ring is 1. The molecule has 1 aliphatic heterocycles. The Morgan fingerprint density at radius 2 is 2.25 bits per heavy atom. The molecule has 2 atom stereocenters. The molecule has 1 aliphatic carbocycles. The number of piperidine rings is 1. The van der Waals surface area contributed by atoms with Gasteiger partial charge in [0.25, 0.3) is 0 Å². The van der Waals surface area contributed by atoms with Gasteiger partial charge >= 0.3 is 0 Å². The standard InChI is InChI=1S/C14H23N5O/c15-18-13-8-16-12(7-17-13)10-19-6-5-14(20)4-2-1-3-11(14)9-19/h7-8,11,20H,1-6,9-10,15H2,(H,17,18). The van der Waals surface area contributed by atoms with E-state index in [0.717, 1.165) is 44.6 Å². The molecule has 1 aromatic heterocycles. The zero-order valence-electron chi connectivity index (χ0n) is 11.8. The van der Waals surface area contributed by atoms with Gasteiger partial charge < -0.3 is 10.5 Å². The van der Waals surface area contributed by atoms with Crippen molar-refractivity contribution in [3.05, 3.63) is 18.1 Å². The smallest absolute Gasteiger partial charge is 0.158 e. The van der Waals surface area contributed by atoms with Gasteiger partial charge in [0.1, 0.15) is 0 Å². The molecule has 4 N–H and O–H groups in total. The van der Waals surface area contributed by atoms with E-state index in [1.54, 1.807) is 12.4 Å². The number of likely N-dealkylation sites (tertiary alicyclic amines) is 1. The van der Waals surface area contributed by atoms with Gasteiger partial charge in [-0.2, -0.15) is 0 Å². The lowest BCUT2D eigenvalue weighted by atomic mass is 9.71. The Morgan fingerprint density at radius 1 is 1.35 bits per heavy atom. The molecule has 2 unspecified atom stereocenters. The lowest BCUT2D eigenvalue weighted by molar-refractivity contribution is -0.0969. The van der Waals surface area contributed by atoms with Crippen LogP contribution in [0.4, 0.5) is 5.82 Å². The van der Waals surface area contributed by atoms with Crippen LogP contribution < -0.4 is 11.3 Å². The van der Waals surface area contributed by atoms with Crippen molar-refractivity contribution in [1.29, 1.82) is 0 Å². The first kappa shape index (κ1) is 13.7. The third-order valence-electron chi connectivity index (χ3n) is 4.75. The van der Waals surface area contributed by atoms with Crippen LogP contribution in [-0.2, 0) is 6.54 Å². The number of aliphatic hydroxyl groups is 1. The van der Waals surface area contributed by atoms with Crippen molar-refractivity contribution in [3.8, 4) is 0 Å². The number of anilines is 1. The van der Waals surface area contributed by atoms with Gasteiger partial charge in [-0.25, -0.2) is 10.8 Å². The number of aromatic nitrogens is 2. The third-order valence-corrected chi connectivity index (χ3v) is 4.75. The summed E-state index contributed by atoms with van der Waals surface area (Å²) in [6.45, 7) is 2.70. The van der Waals surface area contributed by atoms with Gasteiger partial charge in [0.2, 0.25) is 0 Å². The fraction of sp³-hybridized carbons (Fsp3) is 0.714. The second kappa shape index (κ2) is 5.63. The van der Waals surface area contributed by atoms with E-state index in [0.29, 0.717) is 11.7 Å². The van der Waals surface area contributed by atoms with E-state index >= 15 is 0 Å². The lowest BCUT2D eigenvalue weighted by Crippen LogP contribution is -2.53. The normalized spacial score (nSPS) is 30.8. The average molecular weight is 277 g/mol. The summed E-state index contributed by atoms with van der Waals surface area (Å²) in [5, 5.41) is 10.7. The Hall–Kier alpha value is -1.24. The van der Waals surface area contributed by atoms with Crippen LogP contribution in [-0.4, -0.2) is 38.7 Å². The second-order valence-corrected chi connectivity index (χ2v) is 6.07. The Bertz CT molecular complexity index is 451. The lowest BCUT2D eigenvalue weighted by Gasteiger charge is -2.47. The van der Waals surface area contributed by atoms with Gasteiger partial charge in [-0.1, -0.05) is 12.8 Å². The Kier molecular flexibility index (Phi) is 3.87. The Labute approximate surface area is 119 Å². The van der Waals surface area contributed by atoms with Crippen molar-refractivity contribution in [3.63, 3.8) is 0 Å². The van der Waals surface area contributed by atoms with Crippen molar-refractivity contribution in [1.82, 2.24) is 14.9 Å². The highest BCUT2D eigenvalue weighted by Crippen LogP contribution is 2.39. The molecular formula is C14H23N5O. The largest absolute Gasteiger partial charge is 0.390 e. The van der Waals surface area contributed by atoms with Crippen molar-refractivity contribution >= 4 is 5.82 Å². The van der Waals surface area contributed by atoms with Crippen molar-refractivity contribution in [2.24, 2.45) is 11.8 Å². The van der Waals surface area contributed by atoms with Crippen LogP contribution in [0.5, 0.6) is 0 Å². The van der Waals surface area contributed by atoms with E-state index in [1.807, 2.05) is 0 Å². The first-order valence-electron chi connectivity index (χ1n) is 7.42. The van der Waals surface area contributed by atoms with E-state index in [4.69, 9.17) is 5.84 Å². The summed E-state index contributed by atoms with van der Waals surface area (Å²) in [5.41, 5.74) is 3.02. The van der Waals surface area contributed by atoms with Gasteiger partial charge in [-0.3, -0.25) is 9.88 Å². The summed E-state index contributed by atoms with van der Waals surface area (Å²) in [5.74, 6) is 6.28. The molecule has 6 heteroatoms. The fourth-order valence-corrected chi connectivity index (χ4v) is 3.52. The van der Waals surface area contributed by atoms with Crippen LogP contribution in [0.25, 0.3) is 0 Å². The predicted molar refractivity (Wildman–Crippen MR) is 76.6 cm³/mol. The molecule has 0 amide bonds. The van der Waals surface area contributed by atoms with E-state index < -0.39 is 5.60 Å². The number of hydrogen-bond donors (Lipinski definition) is 3. The Balaban J connectivity index is 1.61. The molecule has 1 saturated carbocycles. The molecule has 0 spiro atoms. The molecular weight excluding hydrogens is 254 g/mol. The molecule has 110 valence electrons. The molecule has 0 aromatic carbocycles. The van der Waals surface area contributed by atoms with Crippen LogP contribution in [0.3, 0.4) is 0 Å². The highest BCUT2D eigenvalue weighted by atomic mass is 16.3. The number of nitrogens with zero attached hydrogens (tertiary/aromatic N) is 3. The topological polar surface area (TPSA) is 87.3 Å². The van der Waals surface area contributed by atoms with Crippen LogP contribution in [0.2, 0.25) is 0 Å². The molecule has 6 nitrogen and oxygen atoms in total. The van der Waals surface area contributed by atoms with Crippen LogP contribution in [0.15, 0.2) is 12.4 Å². The van der Waals surface area contributed by atoms with E-state index in [-0.39, 0.29) is 0 Å². The third kappa shape index (κ3) is 2.77. The van der Waals surface area contributed by atoms with Crippen molar-refractivity contribution in [2.45, 2.75) is 44.2 Å². The molecule has 3 rings (SSSR count).